The first-order valence-corrected chi connectivity index (χ1v) is 6.19. The van der Waals surface area contributed by atoms with E-state index in [2.05, 4.69) is 20.8 Å². The van der Waals surface area contributed by atoms with E-state index in [1.807, 2.05) is 38.2 Å². The largest absolute Gasteiger partial charge is 0.492 e. The first-order chi connectivity index (χ1) is 7.58. The fourth-order valence-corrected chi connectivity index (χ4v) is 1.70. The summed E-state index contributed by atoms with van der Waals surface area (Å²) in [5, 5.41) is 0. The number of halogens is 2. The van der Waals surface area contributed by atoms with Crippen LogP contribution in [0.5, 0.6) is 5.75 Å². The number of benzene rings is 1. The van der Waals surface area contributed by atoms with Gasteiger partial charge in [0.2, 0.25) is 0 Å². The van der Waals surface area contributed by atoms with Gasteiger partial charge in [0.15, 0.2) is 0 Å². The second kappa shape index (κ2) is 8.75. The van der Waals surface area contributed by atoms with Gasteiger partial charge in [0, 0.05) is 23.6 Å². The Morgan fingerprint density at radius 2 is 1.94 bits per heavy atom. The number of likely N-dealkylation sites (N-methyl/N-ethyl adjacent to an activating group) is 1. The molecule has 0 fully saturated rings. The van der Waals surface area contributed by atoms with E-state index in [0.717, 1.165) is 23.3 Å². The molecule has 1 aromatic rings. The van der Waals surface area contributed by atoms with Crippen LogP contribution in [0.25, 0.3) is 0 Å². The Labute approximate surface area is 118 Å². The van der Waals surface area contributed by atoms with Gasteiger partial charge in [0.1, 0.15) is 12.4 Å². The molecule has 0 aliphatic carbocycles. The van der Waals surface area contributed by atoms with Crippen molar-refractivity contribution >= 4 is 28.3 Å². The van der Waals surface area contributed by atoms with Gasteiger partial charge in [0.05, 0.1) is 0 Å². The summed E-state index contributed by atoms with van der Waals surface area (Å²) >= 11 is 3.39. The molecular weight excluding hydrogens is 304 g/mol. The zero-order chi connectivity index (χ0) is 12.0. The molecule has 1 unspecified atom stereocenters. The molecule has 0 radical (unpaired) electrons. The van der Waals surface area contributed by atoms with Crippen LogP contribution < -0.4 is 10.5 Å². The van der Waals surface area contributed by atoms with Gasteiger partial charge in [0.25, 0.3) is 0 Å². The van der Waals surface area contributed by atoms with Crippen molar-refractivity contribution in [2.45, 2.75) is 13.0 Å². The van der Waals surface area contributed by atoms with Gasteiger partial charge < -0.3 is 15.4 Å². The third kappa shape index (κ3) is 7.60. The Bertz CT molecular complexity index is 306. The molecule has 0 aliphatic rings. The van der Waals surface area contributed by atoms with Gasteiger partial charge in [-0.1, -0.05) is 15.9 Å². The van der Waals surface area contributed by atoms with Crippen LogP contribution in [0.1, 0.15) is 6.92 Å². The molecule has 0 saturated heterocycles. The molecule has 0 saturated carbocycles. The van der Waals surface area contributed by atoms with Crippen molar-refractivity contribution in [1.82, 2.24) is 4.90 Å². The van der Waals surface area contributed by atoms with Crippen molar-refractivity contribution < 1.29 is 4.74 Å². The minimum atomic E-state index is 0. The minimum Gasteiger partial charge on any atom is -0.492 e. The Balaban J connectivity index is 0.00000256. The van der Waals surface area contributed by atoms with Gasteiger partial charge in [-0.3, -0.25) is 0 Å². The lowest BCUT2D eigenvalue weighted by Gasteiger charge is -2.18. The number of hydrogen-bond donors (Lipinski definition) is 1. The molecule has 1 aromatic carbocycles. The SMILES string of the molecule is CC(N)CN(C)CCOc1ccc(Br)cc1.Cl. The summed E-state index contributed by atoms with van der Waals surface area (Å²) in [7, 11) is 2.05. The monoisotopic (exact) mass is 322 g/mol. The summed E-state index contributed by atoms with van der Waals surface area (Å²) < 4.78 is 6.67. The van der Waals surface area contributed by atoms with Crippen LogP contribution in [0.3, 0.4) is 0 Å². The third-order valence-corrected chi connectivity index (χ3v) is 2.68. The Morgan fingerprint density at radius 3 is 2.47 bits per heavy atom. The standard InChI is InChI=1S/C12H19BrN2O.ClH/c1-10(14)9-15(2)7-8-16-12-5-3-11(13)4-6-12;/h3-6,10H,7-9,14H2,1-2H3;1H. The molecule has 1 rings (SSSR count). The lowest BCUT2D eigenvalue weighted by Crippen LogP contribution is -2.35. The first-order valence-electron chi connectivity index (χ1n) is 5.40. The van der Waals surface area contributed by atoms with Crippen LogP contribution in [0.15, 0.2) is 28.7 Å². The predicted molar refractivity (Wildman–Crippen MR) is 78.0 cm³/mol. The fraction of sp³-hybridized carbons (Fsp3) is 0.500. The highest BCUT2D eigenvalue weighted by molar-refractivity contribution is 9.10. The van der Waals surface area contributed by atoms with Crippen molar-refractivity contribution in [3.05, 3.63) is 28.7 Å². The fourth-order valence-electron chi connectivity index (χ4n) is 1.43. The molecule has 98 valence electrons. The molecule has 0 heterocycles. The van der Waals surface area contributed by atoms with Crippen LogP contribution in [0, 0.1) is 0 Å². The van der Waals surface area contributed by atoms with Gasteiger partial charge in [-0.2, -0.15) is 0 Å². The highest BCUT2D eigenvalue weighted by atomic mass is 79.9. The van der Waals surface area contributed by atoms with E-state index < -0.39 is 0 Å². The average molecular weight is 324 g/mol. The number of rotatable bonds is 6. The number of nitrogens with zero attached hydrogens (tertiary/aromatic N) is 1. The third-order valence-electron chi connectivity index (χ3n) is 2.16. The minimum absolute atomic E-state index is 0. The van der Waals surface area contributed by atoms with Gasteiger partial charge in [-0.15, -0.1) is 12.4 Å². The lowest BCUT2D eigenvalue weighted by atomic mass is 10.3. The van der Waals surface area contributed by atoms with Gasteiger partial charge in [-0.05, 0) is 38.2 Å². The van der Waals surface area contributed by atoms with Crippen LogP contribution in [0.4, 0.5) is 0 Å². The van der Waals surface area contributed by atoms with Gasteiger partial charge in [-0.25, -0.2) is 0 Å². The van der Waals surface area contributed by atoms with Crippen molar-refractivity contribution in [3.8, 4) is 5.75 Å². The van der Waals surface area contributed by atoms with Crippen LogP contribution >= 0.6 is 28.3 Å². The molecule has 0 aromatic heterocycles. The van der Waals surface area contributed by atoms with Crippen LogP contribution in [0.2, 0.25) is 0 Å². The Hall–Kier alpha value is -0.290. The van der Waals surface area contributed by atoms with E-state index in [1.54, 1.807) is 0 Å². The van der Waals surface area contributed by atoms with Gasteiger partial charge >= 0.3 is 0 Å². The molecule has 3 nitrogen and oxygen atoms in total. The quantitative estimate of drug-likeness (QED) is 0.874. The lowest BCUT2D eigenvalue weighted by molar-refractivity contribution is 0.231. The molecule has 0 spiro atoms. The van der Waals surface area contributed by atoms with E-state index in [9.17, 15) is 0 Å². The maximum Gasteiger partial charge on any atom is 0.119 e. The normalized spacial score (nSPS) is 12.1. The van der Waals surface area contributed by atoms with E-state index in [0.29, 0.717) is 6.61 Å². The smallest absolute Gasteiger partial charge is 0.119 e. The summed E-state index contributed by atoms with van der Waals surface area (Å²) in [4.78, 5) is 2.17. The van der Waals surface area contributed by atoms with Crippen molar-refractivity contribution in [2.75, 3.05) is 26.7 Å². The van der Waals surface area contributed by atoms with E-state index in [-0.39, 0.29) is 18.4 Å². The Morgan fingerprint density at radius 1 is 1.35 bits per heavy atom. The highest BCUT2D eigenvalue weighted by Crippen LogP contribution is 2.15. The summed E-state index contributed by atoms with van der Waals surface area (Å²) in [5.74, 6) is 0.900. The average Bonchev–Trinajstić information content (AvgIpc) is 2.20. The topological polar surface area (TPSA) is 38.5 Å². The zero-order valence-corrected chi connectivity index (χ0v) is 12.6. The zero-order valence-electron chi connectivity index (χ0n) is 10.2. The van der Waals surface area contributed by atoms with E-state index >= 15 is 0 Å². The maximum absolute atomic E-state index is 5.71. The first kappa shape index (κ1) is 16.7. The summed E-state index contributed by atoms with van der Waals surface area (Å²) in [5.41, 5.74) is 5.71. The molecule has 5 heteroatoms. The molecular formula is C12H20BrClN2O. The number of nitrogens with two attached hydrogens (primary N) is 1. The predicted octanol–water partition coefficient (Wildman–Crippen LogP) is 2.53. The van der Waals surface area contributed by atoms with Crippen LogP contribution in [-0.2, 0) is 0 Å². The number of hydrogen-bond acceptors (Lipinski definition) is 3. The van der Waals surface area contributed by atoms with Crippen molar-refractivity contribution in [2.24, 2.45) is 5.73 Å². The molecule has 0 aliphatic heterocycles. The second-order valence-corrected chi connectivity index (χ2v) is 4.96. The summed E-state index contributed by atoms with van der Waals surface area (Å²) in [6.45, 7) is 4.47. The van der Waals surface area contributed by atoms with Crippen molar-refractivity contribution in [3.63, 3.8) is 0 Å². The van der Waals surface area contributed by atoms with E-state index in [4.69, 9.17) is 10.5 Å². The summed E-state index contributed by atoms with van der Waals surface area (Å²) in [6.07, 6.45) is 0. The molecule has 0 bridgehead atoms. The molecule has 17 heavy (non-hydrogen) atoms. The molecule has 1 atom stereocenters. The van der Waals surface area contributed by atoms with Crippen LogP contribution in [-0.4, -0.2) is 37.7 Å². The molecule has 0 amide bonds. The number of ether oxygens (including phenoxy) is 1. The second-order valence-electron chi connectivity index (χ2n) is 4.04. The van der Waals surface area contributed by atoms with Crippen molar-refractivity contribution in [1.29, 1.82) is 0 Å². The molecule has 2 N–H and O–H groups in total. The summed E-state index contributed by atoms with van der Waals surface area (Å²) in [6, 6.07) is 8.06. The van der Waals surface area contributed by atoms with E-state index in [1.165, 1.54) is 0 Å². The highest BCUT2D eigenvalue weighted by Gasteiger charge is 2.01. The maximum atomic E-state index is 5.71. The Kier molecular flexibility index (Phi) is 8.60.